The standard InChI is InChI=1S/2C13H9.C2H6Si.2CH3.Ti/c2*1-3-7-12-10(5-1)9-11-6-2-4-8-13(11)12;1-3-2;;;/h2*1-5,7-8H,9H2;1-2H3;2*1H3;. The number of rotatable bonds is 2. The van der Waals surface area contributed by atoms with Crippen LogP contribution in [0.4, 0.5) is 0 Å². The molecule has 4 aromatic carbocycles. The van der Waals surface area contributed by atoms with Crippen molar-refractivity contribution in [3.8, 4) is 22.3 Å². The Labute approximate surface area is 193 Å². The van der Waals surface area contributed by atoms with Crippen molar-refractivity contribution in [3.63, 3.8) is 0 Å². The average Bonchev–Trinajstić information content (AvgIpc) is 3.37. The van der Waals surface area contributed by atoms with Crippen molar-refractivity contribution in [2.75, 3.05) is 0 Å². The van der Waals surface area contributed by atoms with Gasteiger partial charge in [-0.05, 0) is 0 Å². The molecule has 2 aliphatic rings. The van der Waals surface area contributed by atoms with Gasteiger partial charge in [0.1, 0.15) is 0 Å². The SMILES string of the molecule is C[Si](C)=[Ti]([CH3])([CH3])([c]1cccc2c1Cc1ccccc1-2)[c]1cccc2c1Cc1ccccc1-2. The molecule has 0 saturated carbocycles. The predicted octanol–water partition coefficient (Wildman–Crippen LogP) is 6.82. The van der Waals surface area contributed by atoms with Gasteiger partial charge in [-0.3, -0.25) is 0 Å². The van der Waals surface area contributed by atoms with Gasteiger partial charge in [0.2, 0.25) is 0 Å². The van der Waals surface area contributed by atoms with Crippen molar-refractivity contribution in [2.45, 2.75) is 36.4 Å². The topological polar surface area (TPSA) is 0 Å². The van der Waals surface area contributed by atoms with Crippen molar-refractivity contribution in [1.29, 1.82) is 0 Å². The number of benzene rings is 4. The second kappa shape index (κ2) is 6.90. The van der Waals surface area contributed by atoms with Crippen LogP contribution in [-0.4, -0.2) is 6.19 Å². The van der Waals surface area contributed by atoms with Crippen LogP contribution in [0.2, 0.25) is 23.6 Å². The minimum absolute atomic E-state index is 0.598. The van der Waals surface area contributed by atoms with E-state index < -0.39 is 20.2 Å². The predicted molar refractivity (Wildman–Crippen MR) is 138 cm³/mol. The molecule has 0 bridgehead atoms. The Morgan fingerprint density at radius 3 is 1.38 bits per heavy atom. The van der Waals surface area contributed by atoms with E-state index in [0.29, 0.717) is 0 Å². The zero-order chi connectivity index (χ0) is 22.1. The zero-order valence-corrected chi connectivity index (χ0v) is 22.1. The van der Waals surface area contributed by atoms with Gasteiger partial charge in [-0.15, -0.1) is 0 Å². The van der Waals surface area contributed by atoms with Crippen LogP contribution in [0.15, 0.2) is 84.9 Å². The molecule has 0 fully saturated rings. The van der Waals surface area contributed by atoms with Gasteiger partial charge >= 0.3 is 194 Å². The number of hydrogen-bond acceptors (Lipinski definition) is 0. The van der Waals surface area contributed by atoms with E-state index >= 15 is 0 Å². The van der Waals surface area contributed by atoms with Gasteiger partial charge in [0.15, 0.2) is 0 Å². The fourth-order valence-electron chi connectivity index (χ4n) is 6.40. The fraction of sp³-hybridized carbons (Fsp3) is 0.200. The Hall–Kier alpha value is -2.19. The van der Waals surface area contributed by atoms with E-state index in [1.165, 1.54) is 33.4 Å². The van der Waals surface area contributed by atoms with E-state index in [4.69, 9.17) is 0 Å². The summed E-state index contributed by atoms with van der Waals surface area (Å²) < 4.78 is 3.44. The van der Waals surface area contributed by atoms with Crippen LogP contribution in [0.1, 0.15) is 22.3 Å². The molecular weight excluding hydrogens is 436 g/mol. The summed E-state index contributed by atoms with van der Waals surface area (Å²) in [6, 6.07) is 32.5. The second-order valence-electron chi connectivity index (χ2n) is 10.7. The molecule has 4 aromatic rings. The molecule has 0 aliphatic heterocycles. The molecule has 32 heavy (non-hydrogen) atoms. The molecule has 0 nitrogen and oxygen atoms in total. The Kier molecular flexibility index (Phi) is 4.41. The molecule has 0 amide bonds. The molecule has 0 aromatic heterocycles. The average molecular weight is 467 g/mol. The van der Waals surface area contributed by atoms with Gasteiger partial charge in [-0.2, -0.15) is 0 Å². The zero-order valence-electron chi connectivity index (χ0n) is 19.5. The quantitative estimate of drug-likeness (QED) is 0.246. The molecule has 2 aliphatic carbocycles. The summed E-state index contributed by atoms with van der Waals surface area (Å²) >= 11 is -3.29. The normalized spacial score (nSPS) is 13.9. The first kappa shape index (κ1) is 20.4. The maximum atomic E-state index is 2.74. The summed E-state index contributed by atoms with van der Waals surface area (Å²) in [5.74, 6) is 0. The van der Waals surface area contributed by atoms with Crippen molar-refractivity contribution < 1.29 is 14.0 Å². The maximum absolute atomic E-state index is 3.29. The molecule has 0 radical (unpaired) electrons. The Bertz CT molecular complexity index is 1390. The molecule has 2 heteroatoms. The summed E-state index contributed by atoms with van der Waals surface area (Å²) in [7, 11) is 0. The molecule has 158 valence electrons. The summed E-state index contributed by atoms with van der Waals surface area (Å²) in [5.41, 5.74) is 12.1. The Balaban J connectivity index is 1.67. The van der Waals surface area contributed by atoms with Crippen molar-refractivity contribution >= 4 is 13.9 Å². The van der Waals surface area contributed by atoms with E-state index in [1.807, 2.05) is 0 Å². The Morgan fingerprint density at radius 2 is 0.938 bits per heavy atom. The first-order valence-corrected chi connectivity index (χ1v) is 21.3. The summed E-state index contributed by atoms with van der Waals surface area (Å²) in [6.45, 7) is 5.18. The van der Waals surface area contributed by atoms with Crippen molar-refractivity contribution in [3.05, 3.63) is 107 Å². The van der Waals surface area contributed by atoms with Crippen molar-refractivity contribution in [2.24, 2.45) is 0 Å². The van der Waals surface area contributed by atoms with E-state index in [2.05, 4.69) is 108 Å². The van der Waals surface area contributed by atoms with Gasteiger partial charge in [0, 0.05) is 0 Å². The molecule has 0 atom stereocenters. The van der Waals surface area contributed by atoms with Gasteiger partial charge in [0.25, 0.3) is 0 Å². The number of hydrogen-bond donors (Lipinski definition) is 0. The molecule has 6 rings (SSSR count). The van der Waals surface area contributed by atoms with Crippen LogP contribution < -0.4 is 7.74 Å². The third-order valence-corrected chi connectivity index (χ3v) is 34.6. The van der Waals surface area contributed by atoms with Crippen LogP contribution in [0.25, 0.3) is 22.3 Å². The number of fused-ring (bicyclic) bond motifs is 6. The van der Waals surface area contributed by atoms with Gasteiger partial charge in [-0.1, -0.05) is 0 Å². The van der Waals surface area contributed by atoms with Gasteiger partial charge in [-0.25, -0.2) is 0 Å². The second-order valence-corrected chi connectivity index (χ2v) is 32.7. The van der Waals surface area contributed by atoms with E-state index in [0.717, 1.165) is 12.8 Å². The summed E-state index contributed by atoms with van der Waals surface area (Å²) in [6.07, 6.45) is 1.58. The molecular formula is C30H30SiTi. The van der Waals surface area contributed by atoms with Crippen molar-refractivity contribution in [1.82, 2.24) is 0 Å². The van der Waals surface area contributed by atoms with E-state index in [-0.39, 0.29) is 0 Å². The van der Waals surface area contributed by atoms with Gasteiger partial charge < -0.3 is 0 Å². The first-order valence-electron chi connectivity index (χ1n) is 11.8. The molecule has 0 saturated heterocycles. The van der Waals surface area contributed by atoms with E-state index in [1.54, 1.807) is 18.9 Å². The fourth-order valence-corrected chi connectivity index (χ4v) is 20.3. The van der Waals surface area contributed by atoms with Crippen LogP contribution in [0.5, 0.6) is 0 Å². The minimum atomic E-state index is -3.29. The summed E-state index contributed by atoms with van der Waals surface area (Å²) in [5, 5.41) is 5.48. The van der Waals surface area contributed by atoms with Crippen LogP contribution in [0, 0.1) is 0 Å². The molecule has 0 N–H and O–H groups in total. The van der Waals surface area contributed by atoms with Crippen LogP contribution >= 0.6 is 0 Å². The third-order valence-electron chi connectivity index (χ3n) is 8.82. The van der Waals surface area contributed by atoms with E-state index in [9.17, 15) is 0 Å². The van der Waals surface area contributed by atoms with Gasteiger partial charge in [0.05, 0.1) is 0 Å². The van der Waals surface area contributed by atoms with Crippen LogP contribution in [-0.2, 0) is 26.9 Å². The summed E-state index contributed by atoms with van der Waals surface area (Å²) in [4.78, 5) is 0. The molecule has 0 spiro atoms. The first-order chi connectivity index (χ1) is 15.4. The third kappa shape index (κ3) is 2.59. The Morgan fingerprint density at radius 1 is 0.531 bits per heavy atom. The van der Waals surface area contributed by atoms with Crippen LogP contribution in [0.3, 0.4) is 0 Å². The molecule has 0 unspecified atom stereocenters. The molecule has 0 heterocycles. The monoisotopic (exact) mass is 466 g/mol.